The number of amides is 2. The molecule has 5 heteroatoms. The van der Waals surface area contributed by atoms with Gasteiger partial charge >= 0.3 is 0 Å². The number of nitrogens with one attached hydrogen (secondary N) is 1. The van der Waals surface area contributed by atoms with Crippen molar-refractivity contribution < 1.29 is 14.0 Å². The summed E-state index contributed by atoms with van der Waals surface area (Å²) >= 11 is 0. The number of carbonyl (C=O) groups is 2. The molecule has 0 aromatic heterocycles. The van der Waals surface area contributed by atoms with Crippen LogP contribution >= 0.6 is 0 Å². The highest BCUT2D eigenvalue weighted by atomic mass is 19.1. The highest BCUT2D eigenvalue weighted by Gasteiger charge is 2.30. The van der Waals surface area contributed by atoms with Crippen LogP contribution < -0.4 is 5.32 Å². The van der Waals surface area contributed by atoms with Gasteiger partial charge in [-0.2, -0.15) is 0 Å². The molecule has 1 aromatic carbocycles. The van der Waals surface area contributed by atoms with Crippen LogP contribution in [-0.2, 0) is 4.79 Å². The van der Waals surface area contributed by atoms with E-state index in [1.54, 1.807) is 11.0 Å². The van der Waals surface area contributed by atoms with Crippen LogP contribution in [0.25, 0.3) is 0 Å². The third-order valence-electron chi connectivity index (χ3n) is 3.15. The van der Waals surface area contributed by atoms with E-state index in [-0.39, 0.29) is 11.5 Å². The molecule has 2 amide bonds. The maximum Gasteiger partial charge on any atom is 0.254 e. The topological polar surface area (TPSA) is 49.4 Å². The molecule has 1 N–H and O–H groups in total. The van der Waals surface area contributed by atoms with Crippen LogP contribution in [0.4, 0.5) is 4.39 Å². The first-order valence-electron chi connectivity index (χ1n) is 6.39. The van der Waals surface area contributed by atoms with Gasteiger partial charge in [-0.15, -0.1) is 0 Å². The molecule has 0 saturated heterocycles. The molecule has 102 valence electrons. The third-order valence-corrected chi connectivity index (χ3v) is 3.15. The van der Waals surface area contributed by atoms with E-state index in [2.05, 4.69) is 5.32 Å². The summed E-state index contributed by atoms with van der Waals surface area (Å²) in [4.78, 5) is 24.9. The molecule has 1 saturated carbocycles. The average molecular weight is 264 g/mol. The Kier molecular flexibility index (Phi) is 4.14. The molecule has 0 atom stereocenters. The summed E-state index contributed by atoms with van der Waals surface area (Å²) in [6.07, 6.45) is 2.06. The Bertz CT molecular complexity index is 486. The second kappa shape index (κ2) is 5.82. The van der Waals surface area contributed by atoms with Gasteiger partial charge in [0.2, 0.25) is 5.91 Å². The van der Waals surface area contributed by atoms with Crippen molar-refractivity contribution in [2.24, 2.45) is 0 Å². The summed E-state index contributed by atoms with van der Waals surface area (Å²) in [5.41, 5.74) is 0.0308. The van der Waals surface area contributed by atoms with Gasteiger partial charge in [0, 0.05) is 26.1 Å². The molecule has 1 aliphatic rings. The van der Waals surface area contributed by atoms with Gasteiger partial charge in [-0.05, 0) is 25.0 Å². The standard InChI is InChI=1S/C14H17FN2O2/c1-10(18)17(11-6-7-11)9-8-16-14(19)12-4-2-3-5-13(12)15/h2-5,11H,6-9H2,1H3,(H,16,19). The molecular weight excluding hydrogens is 247 g/mol. The van der Waals surface area contributed by atoms with E-state index in [1.807, 2.05) is 0 Å². The molecule has 4 nitrogen and oxygen atoms in total. The fourth-order valence-corrected chi connectivity index (χ4v) is 2.01. The predicted molar refractivity (Wildman–Crippen MR) is 69.1 cm³/mol. The van der Waals surface area contributed by atoms with Crippen molar-refractivity contribution in [2.75, 3.05) is 13.1 Å². The Morgan fingerprint density at radius 1 is 1.37 bits per heavy atom. The quantitative estimate of drug-likeness (QED) is 0.877. The van der Waals surface area contributed by atoms with Crippen molar-refractivity contribution >= 4 is 11.8 Å². The van der Waals surface area contributed by atoms with E-state index in [0.29, 0.717) is 19.1 Å². The van der Waals surface area contributed by atoms with Crippen molar-refractivity contribution in [2.45, 2.75) is 25.8 Å². The summed E-state index contributed by atoms with van der Waals surface area (Å²) in [6, 6.07) is 6.17. The molecule has 0 heterocycles. The zero-order valence-corrected chi connectivity index (χ0v) is 10.9. The van der Waals surface area contributed by atoms with Gasteiger partial charge in [0.15, 0.2) is 0 Å². The minimum atomic E-state index is -0.536. The highest BCUT2D eigenvalue weighted by Crippen LogP contribution is 2.26. The smallest absolute Gasteiger partial charge is 0.254 e. The number of carbonyl (C=O) groups excluding carboxylic acids is 2. The molecular formula is C14H17FN2O2. The van der Waals surface area contributed by atoms with Gasteiger partial charge in [0.1, 0.15) is 5.82 Å². The zero-order valence-electron chi connectivity index (χ0n) is 10.9. The van der Waals surface area contributed by atoms with E-state index in [4.69, 9.17) is 0 Å². The monoisotopic (exact) mass is 264 g/mol. The van der Waals surface area contributed by atoms with E-state index >= 15 is 0 Å². The zero-order chi connectivity index (χ0) is 13.8. The Balaban J connectivity index is 1.84. The molecule has 19 heavy (non-hydrogen) atoms. The fraction of sp³-hybridized carbons (Fsp3) is 0.429. The van der Waals surface area contributed by atoms with Crippen LogP contribution in [0.15, 0.2) is 24.3 Å². The van der Waals surface area contributed by atoms with Crippen molar-refractivity contribution in [3.8, 4) is 0 Å². The molecule has 0 unspecified atom stereocenters. The van der Waals surface area contributed by atoms with Crippen LogP contribution in [-0.4, -0.2) is 35.8 Å². The minimum Gasteiger partial charge on any atom is -0.350 e. The first-order chi connectivity index (χ1) is 9.09. The van der Waals surface area contributed by atoms with Gasteiger partial charge in [0.05, 0.1) is 5.56 Å². The summed E-state index contributed by atoms with van der Waals surface area (Å²) < 4.78 is 13.4. The molecule has 0 aliphatic heterocycles. The van der Waals surface area contributed by atoms with E-state index in [1.165, 1.54) is 25.1 Å². The first kappa shape index (κ1) is 13.5. The Labute approximate surface area is 111 Å². The maximum atomic E-state index is 13.4. The fourth-order valence-electron chi connectivity index (χ4n) is 2.01. The summed E-state index contributed by atoms with van der Waals surface area (Å²) in [7, 11) is 0. The Hall–Kier alpha value is -1.91. The van der Waals surface area contributed by atoms with Gasteiger partial charge in [-0.1, -0.05) is 12.1 Å². The molecule has 1 aromatic rings. The molecule has 0 radical (unpaired) electrons. The maximum absolute atomic E-state index is 13.4. The lowest BCUT2D eigenvalue weighted by Gasteiger charge is -2.20. The SMILES string of the molecule is CC(=O)N(CCNC(=O)c1ccccc1F)C1CC1. The van der Waals surface area contributed by atoms with Crippen molar-refractivity contribution in [1.82, 2.24) is 10.2 Å². The minimum absolute atomic E-state index is 0.0163. The van der Waals surface area contributed by atoms with Crippen LogP contribution in [0.5, 0.6) is 0 Å². The third kappa shape index (κ3) is 3.53. The van der Waals surface area contributed by atoms with Gasteiger partial charge in [-0.25, -0.2) is 4.39 Å². The lowest BCUT2D eigenvalue weighted by molar-refractivity contribution is -0.129. The summed E-state index contributed by atoms with van der Waals surface area (Å²) in [5, 5.41) is 2.63. The molecule has 1 fully saturated rings. The van der Waals surface area contributed by atoms with Gasteiger partial charge in [0.25, 0.3) is 5.91 Å². The summed E-state index contributed by atoms with van der Waals surface area (Å²) in [6.45, 7) is 2.33. The highest BCUT2D eigenvalue weighted by molar-refractivity contribution is 5.94. The van der Waals surface area contributed by atoms with Crippen molar-refractivity contribution in [1.29, 1.82) is 0 Å². The number of halogens is 1. The normalized spacial score (nSPS) is 14.0. The van der Waals surface area contributed by atoms with Crippen LogP contribution in [0, 0.1) is 5.82 Å². The number of hydrogen-bond donors (Lipinski definition) is 1. The van der Waals surface area contributed by atoms with E-state index in [0.717, 1.165) is 12.8 Å². The number of benzene rings is 1. The van der Waals surface area contributed by atoms with Crippen LogP contribution in [0.3, 0.4) is 0 Å². The lowest BCUT2D eigenvalue weighted by Crippen LogP contribution is -2.38. The van der Waals surface area contributed by atoms with Crippen molar-refractivity contribution in [3.05, 3.63) is 35.6 Å². The van der Waals surface area contributed by atoms with E-state index in [9.17, 15) is 14.0 Å². The lowest BCUT2D eigenvalue weighted by atomic mass is 10.2. The number of rotatable bonds is 5. The largest absolute Gasteiger partial charge is 0.350 e. The predicted octanol–water partition coefficient (Wildman–Crippen LogP) is 1.57. The Morgan fingerprint density at radius 3 is 2.63 bits per heavy atom. The number of hydrogen-bond acceptors (Lipinski definition) is 2. The summed E-state index contributed by atoms with van der Waals surface area (Å²) in [5.74, 6) is -0.967. The number of nitrogens with zero attached hydrogens (tertiary/aromatic N) is 1. The second-order valence-corrected chi connectivity index (χ2v) is 4.68. The molecule has 1 aliphatic carbocycles. The van der Waals surface area contributed by atoms with Crippen molar-refractivity contribution in [3.63, 3.8) is 0 Å². The molecule has 0 spiro atoms. The second-order valence-electron chi connectivity index (χ2n) is 4.68. The molecule has 0 bridgehead atoms. The Morgan fingerprint density at radius 2 is 2.05 bits per heavy atom. The molecule has 2 rings (SSSR count). The van der Waals surface area contributed by atoms with Crippen LogP contribution in [0.1, 0.15) is 30.1 Å². The van der Waals surface area contributed by atoms with E-state index < -0.39 is 11.7 Å². The van der Waals surface area contributed by atoms with Gasteiger partial charge in [-0.3, -0.25) is 9.59 Å². The first-order valence-corrected chi connectivity index (χ1v) is 6.39. The average Bonchev–Trinajstić information content (AvgIpc) is 3.18. The van der Waals surface area contributed by atoms with Gasteiger partial charge < -0.3 is 10.2 Å². The van der Waals surface area contributed by atoms with Crippen LogP contribution in [0.2, 0.25) is 0 Å².